The molecule has 0 unspecified atom stereocenters. The maximum atomic E-state index is 10.6. The standard InChI is InChI=1S/C10H15NO.C2HF3O2/c1-12-10-6-4-9(5-7-10)3-2-8-11;3-2(4,5)1(6)7/h4-7H,2-3,8,11H2,1H3;(H,6,7). The minimum Gasteiger partial charge on any atom is -0.497 e. The van der Waals surface area contributed by atoms with E-state index in [0.717, 1.165) is 25.1 Å². The van der Waals surface area contributed by atoms with Crippen molar-refractivity contribution in [3.05, 3.63) is 29.8 Å². The lowest BCUT2D eigenvalue weighted by Gasteiger charge is -2.01. The number of rotatable bonds is 4. The number of halogens is 3. The zero-order valence-electron chi connectivity index (χ0n) is 10.4. The second kappa shape index (κ2) is 8.36. The minimum absolute atomic E-state index is 0.756. The van der Waals surface area contributed by atoms with Crippen LogP contribution in [0.2, 0.25) is 0 Å². The van der Waals surface area contributed by atoms with Crippen molar-refractivity contribution in [2.45, 2.75) is 19.0 Å². The van der Waals surface area contributed by atoms with Crippen molar-refractivity contribution in [3.63, 3.8) is 0 Å². The Kier molecular flexibility index (Phi) is 7.59. The Bertz CT molecular complexity index is 377. The number of carbonyl (C=O) groups is 1. The van der Waals surface area contributed by atoms with Crippen LogP contribution in [0.25, 0.3) is 0 Å². The number of hydrogen-bond donors (Lipinski definition) is 2. The number of aryl methyl sites for hydroxylation is 1. The van der Waals surface area contributed by atoms with Gasteiger partial charge in [-0.15, -0.1) is 0 Å². The number of carboxylic acids is 1. The number of nitrogens with two attached hydrogens (primary N) is 1. The van der Waals surface area contributed by atoms with Gasteiger partial charge in [0, 0.05) is 0 Å². The van der Waals surface area contributed by atoms with Gasteiger partial charge in [0.15, 0.2) is 0 Å². The van der Waals surface area contributed by atoms with Gasteiger partial charge in [-0.2, -0.15) is 13.2 Å². The van der Waals surface area contributed by atoms with Gasteiger partial charge in [0.2, 0.25) is 0 Å². The van der Waals surface area contributed by atoms with E-state index in [-0.39, 0.29) is 0 Å². The summed E-state index contributed by atoms with van der Waals surface area (Å²) < 4.78 is 36.8. The monoisotopic (exact) mass is 279 g/mol. The average molecular weight is 279 g/mol. The average Bonchev–Trinajstić information content (AvgIpc) is 2.36. The lowest BCUT2D eigenvalue weighted by molar-refractivity contribution is -0.192. The molecule has 0 aromatic heterocycles. The van der Waals surface area contributed by atoms with E-state index in [0.29, 0.717) is 0 Å². The smallest absolute Gasteiger partial charge is 0.490 e. The second-order valence-electron chi connectivity index (χ2n) is 3.54. The summed E-state index contributed by atoms with van der Waals surface area (Å²) in [5, 5.41) is 7.12. The van der Waals surface area contributed by atoms with Gasteiger partial charge >= 0.3 is 12.1 Å². The van der Waals surface area contributed by atoms with Gasteiger partial charge in [-0.25, -0.2) is 4.79 Å². The molecular weight excluding hydrogens is 263 g/mol. The first-order valence-electron chi connectivity index (χ1n) is 5.44. The van der Waals surface area contributed by atoms with Crippen LogP contribution in [0.5, 0.6) is 5.75 Å². The summed E-state index contributed by atoms with van der Waals surface area (Å²) in [6.07, 6.45) is -2.98. The van der Waals surface area contributed by atoms with Crippen molar-refractivity contribution in [1.29, 1.82) is 0 Å². The fourth-order valence-corrected chi connectivity index (χ4v) is 1.10. The predicted octanol–water partition coefficient (Wildman–Crippen LogP) is 2.22. The zero-order chi connectivity index (χ0) is 14.9. The van der Waals surface area contributed by atoms with Crippen LogP contribution in [0.3, 0.4) is 0 Å². The summed E-state index contributed by atoms with van der Waals surface area (Å²) in [6.45, 7) is 0.756. The highest BCUT2D eigenvalue weighted by Gasteiger charge is 2.38. The van der Waals surface area contributed by atoms with E-state index in [1.54, 1.807) is 7.11 Å². The molecule has 19 heavy (non-hydrogen) atoms. The van der Waals surface area contributed by atoms with E-state index < -0.39 is 12.1 Å². The normalized spacial score (nSPS) is 10.4. The third kappa shape index (κ3) is 8.04. The molecule has 0 amide bonds. The number of benzene rings is 1. The Morgan fingerprint density at radius 3 is 2.11 bits per heavy atom. The van der Waals surface area contributed by atoms with E-state index in [1.165, 1.54) is 5.56 Å². The molecule has 0 atom stereocenters. The summed E-state index contributed by atoms with van der Waals surface area (Å²) in [5.74, 6) is -1.85. The molecule has 0 radical (unpaired) electrons. The number of alkyl halides is 3. The molecule has 0 aliphatic heterocycles. The topological polar surface area (TPSA) is 72.5 Å². The molecule has 0 aliphatic carbocycles. The molecule has 0 saturated heterocycles. The van der Waals surface area contributed by atoms with Crippen LogP contribution in [0.4, 0.5) is 13.2 Å². The van der Waals surface area contributed by atoms with E-state index in [2.05, 4.69) is 12.1 Å². The number of aliphatic carboxylic acids is 1. The van der Waals surface area contributed by atoms with Crippen LogP contribution in [0.15, 0.2) is 24.3 Å². The van der Waals surface area contributed by atoms with Crippen molar-refractivity contribution in [3.8, 4) is 5.75 Å². The molecule has 1 aromatic carbocycles. The molecule has 4 nitrogen and oxygen atoms in total. The Hall–Kier alpha value is -1.76. The van der Waals surface area contributed by atoms with E-state index in [1.807, 2.05) is 12.1 Å². The van der Waals surface area contributed by atoms with Gasteiger partial charge in [0.25, 0.3) is 0 Å². The molecule has 1 aromatic rings. The second-order valence-corrected chi connectivity index (χ2v) is 3.54. The highest BCUT2D eigenvalue weighted by atomic mass is 19.4. The number of hydrogen-bond acceptors (Lipinski definition) is 3. The quantitative estimate of drug-likeness (QED) is 0.886. The van der Waals surface area contributed by atoms with Crippen LogP contribution >= 0.6 is 0 Å². The highest BCUT2D eigenvalue weighted by Crippen LogP contribution is 2.13. The Labute approximate surface area is 109 Å². The summed E-state index contributed by atoms with van der Waals surface area (Å²) in [5.41, 5.74) is 6.73. The fraction of sp³-hybridized carbons (Fsp3) is 0.417. The molecule has 0 spiro atoms. The molecular formula is C12H16F3NO3. The summed E-state index contributed by atoms with van der Waals surface area (Å²) in [6, 6.07) is 8.11. The molecule has 3 N–H and O–H groups in total. The van der Waals surface area contributed by atoms with Gasteiger partial charge in [-0.1, -0.05) is 12.1 Å². The van der Waals surface area contributed by atoms with E-state index in [9.17, 15) is 13.2 Å². The van der Waals surface area contributed by atoms with Crippen molar-refractivity contribution < 1.29 is 27.8 Å². The number of methoxy groups -OCH3 is 1. The van der Waals surface area contributed by atoms with Crippen molar-refractivity contribution in [1.82, 2.24) is 0 Å². The van der Waals surface area contributed by atoms with Crippen molar-refractivity contribution >= 4 is 5.97 Å². The van der Waals surface area contributed by atoms with Gasteiger partial charge < -0.3 is 15.6 Å². The van der Waals surface area contributed by atoms with Crippen LogP contribution in [0.1, 0.15) is 12.0 Å². The lowest BCUT2D eigenvalue weighted by Crippen LogP contribution is -2.21. The third-order valence-corrected chi connectivity index (χ3v) is 2.07. The SMILES string of the molecule is COc1ccc(CCCN)cc1.O=C(O)C(F)(F)F. The van der Waals surface area contributed by atoms with Crippen LogP contribution < -0.4 is 10.5 Å². The van der Waals surface area contributed by atoms with Crippen LogP contribution in [-0.2, 0) is 11.2 Å². The van der Waals surface area contributed by atoms with Crippen LogP contribution in [-0.4, -0.2) is 30.9 Å². The predicted molar refractivity (Wildman–Crippen MR) is 64.1 cm³/mol. The first-order chi connectivity index (χ1) is 8.81. The first-order valence-corrected chi connectivity index (χ1v) is 5.44. The minimum atomic E-state index is -5.08. The first kappa shape index (κ1) is 17.2. The molecule has 7 heteroatoms. The van der Waals surface area contributed by atoms with Gasteiger partial charge in [-0.05, 0) is 37.1 Å². The van der Waals surface area contributed by atoms with Crippen molar-refractivity contribution in [2.75, 3.05) is 13.7 Å². The molecule has 0 saturated carbocycles. The molecule has 108 valence electrons. The van der Waals surface area contributed by atoms with E-state index >= 15 is 0 Å². The maximum absolute atomic E-state index is 10.6. The van der Waals surface area contributed by atoms with Gasteiger partial charge in [0.05, 0.1) is 7.11 Å². The maximum Gasteiger partial charge on any atom is 0.490 e. The summed E-state index contributed by atoms with van der Waals surface area (Å²) >= 11 is 0. The Morgan fingerprint density at radius 1 is 1.32 bits per heavy atom. The lowest BCUT2D eigenvalue weighted by atomic mass is 10.1. The van der Waals surface area contributed by atoms with Gasteiger partial charge in [-0.3, -0.25) is 0 Å². The Balaban J connectivity index is 0.000000399. The zero-order valence-corrected chi connectivity index (χ0v) is 10.4. The molecule has 0 bridgehead atoms. The molecule has 0 fully saturated rings. The molecule has 1 rings (SSSR count). The fourth-order valence-electron chi connectivity index (χ4n) is 1.10. The summed E-state index contributed by atoms with van der Waals surface area (Å²) in [4.78, 5) is 8.90. The highest BCUT2D eigenvalue weighted by molar-refractivity contribution is 5.73. The number of carboxylic acid groups (broad SMARTS) is 1. The summed E-state index contributed by atoms with van der Waals surface area (Å²) in [7, 11) is 1.68. The molecule has 0 heterocycles. The van der Waals surface area contributed by atoms with Crippen LogP contribution in [0, 0.1) is 0 Å². The Morgan fingerprint density at radius 2 is 1.79 bits per heavy atom. The largest absolute Gasteiger partial charge is 0.497 e. The third-order valence-electron chi connectivity index (χ3n) is 2.07. The van der Waals surface area contributed by atoms with Crippen molar-refractivity contribution in [2.24, 2.45) is 5.73 Å². The van der Waals surface area contributed by atoms with E-state index in [4.69, 9.17) is 20.4 Å². The molecule has 0 aliphatic rings. The van der Waals surface area contributed by atoms with Gasteiger partial charge in [0.1, 0.15) is 5.75 Å². The number of ether oxygens (including phenoxy) is 1.